The van der Waals surface area contributed by atoms with Gasteiger partial charge in [-0.05, 0) is 31.2 Å². The summed E-state index contributed by atoms with van der Waals surface area (Å²) in [5, 5.41) is 20.4. The van der Waals surface area contributed by atoms with Gasteiger partial charge in [-0.15, -0.1) is 0 Å². The van der Waals surface area contributed by atoms with Crippen LogP contribution in [0.4, 0.5) is 0 Å². The molecule has 0 atom stereocenters. The largest absolute Gasteiger partial charge is 0.507 e. The van der Waals surface area contributed by atoms with Crippen molar-refractivity contribution in [1.82, 2.24) is 0 Å². The Labute approximate surface area is 97.9 Å². The van der Waals surface area contributed by atoms with E-state index in [0.29, 0.717) is 11.5 Å². The van der Waals surface area contributed by atoms with E-state index in [4.69, 9.17) is 0 Å². The van der Waals surface area contributed by atoms with Crippen LogP contribution in [0.5, 0.6) is 11.5 Å². The fraction of sp³-hybridized carbons (Fsp3) is 0.571. The molecule has 0 amide bonds. The minimum absolute atomic E-state index is 0.224. The molecule has 0 radical (unpaired) electrons. The van der Waals surface area contributed by atoms with Crippen molar-refractivity contribution in [2.24, 2.45) is 0 Å². The fourth-order valence-corrected chi connectivity index (χ4v) is 2.45. The molecule has 0 aromatic heterocycles. The molecule has 0 heterocycles. The first-order valence-electron chi connectivity index (χ1n) is 6.01. The second-order valence-corrected chi connectivity index (χ2v) is 4.55. The van der Waals surface area contributed by atoms with Gasteiger partial charge < -0.3 is 10.2 Å². The smallest absolute Gasteiger partial charge is 0.123 e. The third-order valence-electron chi connectivity index (χ3n) is 3.23. The van der Waals surface area contributed by atoms with Crippen LogP contribution in [0, 0.1) is 6.92 Å². The van der Waals surface area contributed by atoms with Gasteiger partial charge in [0.15, 0.2) is 0 Å². The molecule has 2 N–H and O–H groups in total. The summed E-state index contributed by atoms with van der Waals surface area (Å²) >= 11 is 0. The van der Waals surface area contributed by atoms with Crippen LogP contribution < -0.4 is 0 Å². The minimum Gasteiger partial charge on any atom is -0.507 e. The third kappa shape index (κ3) is 1.89. The molecule has 0 fully saturated rings. The number of hydrogen-bond acceptors (Lipinski definition) is 2. The van der Waals surface area contributed by atoms with Gasteiger partial charge in [-0.2, -0.15) is 0 Å². The summed E-state index contributed by atoms with van der Waals surface area (Å²) in [4.78, 5) is 0. The first-order valence-corrected chi connectivity index (χ1v) is 6.01. The van der Waals surface area contributed by atoms with E-state index >= 15 is 0 Å². The van der Waals surface area contributed by atoms with Crippen molar-refractivity contribution in [1.29, 1.82) is 0 Å². The molecular formula is C14H22O2. The first kappa shape index (κ1) is 12.9. The van der Waals surface area contributed by atoms with Gasteiger partial charge in [0.05, 0.1) is 0 Å². The minimum atomic E-state index is 0.224. The van der Waals surface area contributed by atoms with Gasteiger partial charge in [-0.3, -0.25) is 0 Å². The highest BCUT2D eigenvalue weighted by Crippen LogP contribution is 2.41. The maximum atomic E-state index is 10.3. The van der Waals surface area contributed by atoms with E-state index in [1.807, 2.05) is 34.6 Å². The topological polar surface area (TPSA) is 40.5 Å². The van der Waals surface area contributed by atoms with Gasteiger partial charge in [-0.1, -0.05) is 27.7 Å². The third-order valence-corrected chi connectivity index (χ3v) is 3.23. The van der Waals surface area contributed by atoms with Crippen LogP contribution in [0.2, 0.25) is 0 Å². The van der Waals surface area contributed by atoms with Crippen LogP contribution in [-0.4, -0.2) is 10.2 Å². The molecule has 0 aliphatic heterocycles. The molecule has 1 rings (SSSR count). The summed E-state index contributed by atoms with van der Waals surface area (Å²) in [6, 6.07) is 0. The Morgan fingerprint density at radius 2 is 1.38 bits per heavy atom. The SMILES string of the molecule is CCc1c(O)c(C)c(C(C)C)c(O)c1CC. The maximum absolute atomic E-state index is 10.3. The van der Waals surface area contributed by atoms with Crippen molar-refractivity contribution in [2.75, 3.05) is 0 Å². The van der Waals surface area contributed by atoms with Gasteiger partial charge in [-0.25, -0.2) is 0 Å². The average molecular weight is 222 g/mol. The average Bonchev–Trinajstić information content (AvgIpc) is 2.22. The Bertz CT molecular complexity index is 392. The lowest BCUT2D eigenvalue weighted by molar-refractivity contribution is 0.436. The van der Waals surface area contributed by atoms with Crippen LogP contribution in [0.1, 0.15) is 55.9 Å². The Hall–Kier alpha value is -1.18. The fourth-order valence-electron chi connectivity index (χ4n) is 2.45. The predicted molar refractivity (Wildman–Crippen MR) is 67.4 cm³/mol. The molecule has 1 aromatic rings. The normalized spacial score (nSPS) is 11.1. The zero-order valence-corrected chi connectivity index (χ0v) is 10.9. The summed E-state index contributed by atoms with van der Waals surface area (Å²) in [5.41, 5.74) is 3.49. The molecule has 0 bridgehead atoms. The molecule has 0 aliphatic rings. The van der Waals surface area contributed by atoms with Gasteiger partial charge >= 0.3 is 0 Å². The highest BCUT2D eigenvalue weighted by atomic mass is 16.3. The van der Waals surface area contributed by atoms with Crippen molar-refractivity contribution in [3.8, 4) is 11.5 Å². The van der Waals surface area contributed by atoms with Gasteiger partial charge in [0, 0.05) is 16.7 Å². The van der Waals surface area contributed by atoms with E-state index in [0.717, 1.165) is 35.1 Å². The van der Waals surface area contributed by atoms with Crippen molar-refractivity contribution in [3.05, 3.63) is 22.3 Å². The lowest BCUT2D eigenvalue weighted by atomic mass is 9.88. The number of phenolic OH excluding ortho intramolecular Hbond substituents is 2. The van der Waals surface area contributed by atoms with E-state index in [-0.39, 0.29) is 5.92 Å². The molecule has 0 saturated heterocycles. The van der Waals surface area contributed by atoms with E-state index in [1.54, 1.807) is 0 Å². The molecule has 2 heteroatoms. The van der Waals surface area contributed by atoms with Crippen molar-refractivity contribution in [2.45, 2.75) is 53.4 Å². The second-order valence-electron chi connectivity index (χ2n) is 4.55. The van der Waals surface area contributed by atoms with Crippen molar-refractivity contribution < 1.29 is 10.2 Å². The number of rotatable bonds is 3. The van der Waals surface area contributed by atoms with Crippen LogP contribution in [0.3, 0.4) is 0 Å². The predicted octanol–water partition coefficient (Wildman–Crippen LogP) is 3.65. The molecule has 0 aliphatic carbocycles. The van der Waals surface area contributed by atoms with E-state index in [2.05, 4.69) is 0 Å². The summed E-state index contributed by atoms with van der Waals surface area (Å²) in [6.07, 6.45) is 1.50. The molecule has 0 unspecified atom stereocenters. The molecule has 0 spiro atoms. The molecule has 0 saturated carbocycles. The number of hydrogen-bond donors (Lipinski definition) is 2. The Morgan fingerprint density at radius 3 is 1.75 bits per heavy atom. The summed E-state index contributed by atoms with van der Waals surface area (Å²) in [6.45, 7) is 9.96. The standard InChI is InChI=1S/C14H22O2/c1-6-10-11(7-2)14(16)12(8(3)4)9(5)13(10)15/h8,15-16H,6-7H2,1-5H3. The Kier molecular flexibility index (Phi) is 3.84. The molecule has 90 valence electrons. The maximum Gasteiger partial charge on any atom is 0.123 e. The van der Waals surface area contributed by atoms with E-state index < -0.39 is 0 Å². The number of phenols is 2. The number of aromatic hydroxyl groups is 2. The lowest BCUT2D eigenvalue weighted by Gasteiger charge is -2.20. The van der Waals surface area contributed by atoms with Gasteiger partial charge in [0.1, 0.15) is 11.5 Å². The highest BCUT2D eigenvalue weighted by Gasteiger charge is 2.20. The van der Waals surface area contributed by atoms with E-state index in [9.17, 15) is 10.2 Å². The quantitative estimate of drug-likeness (QED) is 0.766. The van der Waals surface area contributed by atoms with Crippen LogP contribution in [-0.2, 0) is 12.8 Å². The molecule has 1 aromatic carbocycles. The molecule has 16 heavy (non-hydrogen) atoms. The second kappa shape index (κ2) is 4.77. The lowest BCUT2D eigenvalue weighted by Crippen LogP contribution is -2.02. The Morgan fingerprint density at radius 1 is 0.938 bits per heavy atom. The van der Waals surface area contributed by atoms with Crippen molar-refractivity contribution in [3.63, 3.8) is 0 Å². The van der Waals surface area contributed by atoms with Crippen LogP contribution in [0.15, 0.2) is 0 Å². The highest BCUT2D eigenvalue weighted by molar-refractivity contribution is 5.58. The van der Waals surface area contributed by atoms with Gasteiger partial charge in [0.2, 0.25) is 0 Å². The summed E-state index contributed by atoms with van der Waals surface area (Å²) in [7, 11) is 0. The first-order chi connectivity index (χ1) is 7.45. The summed E-state index contributed by atoms with van der Waals surface area (Å²) in [5.74, 6) is 0.965. The summed E-state index contributed by atoms with van der Waals surface area (Å²) < 4.78 is 0. The van der Waals surface area contributed by atoms with Crippen LogP contribution in [0.25, 0.3) is 0 Å². The van der Waals surface area contributed by atoms with Crippen LogP contribution >= 0.6 is 0 Å². The Balaban J connectivity index is 3.62. The van der Waals surface area contributed by atoms with Gasteiger partial charge in [0.25, 0.3) is 0 Å². The van der Waals surface area contributed by atoms with E-state index in [1.165, 1.54) is 0 Å². The zero-order chi connectivity index (χ0) is 12.5. The monoisotopic (exact) mass is 222 g/mol. The zero-order valence-electron chi connectivity index (χ0n) is 10.9. The number of benzene rings is 1. The molecular weight excluding hydrogens is 200 g/mol. The molecule has 2 nitrogen and oxygen atoms in total. The van der Waals surface area contributed by atoms with Crippen molar-refractivity contribution >= 4 is 0 Å².